The molecule has 0 atom stereocenters. The number of furan rings is 2. The van der Waals surface area contributed by atoms with E-state index >= 15 is 0 Å². The molecular formula is C22H30O6Si2. The number of carbonyl (C=O) groups is 2. The van der Waals surface area contributed by atoms with Crippen LogP contribution in [0.25, 0.3) is 0 Å². The van der Waals surface area contributed by atoms with Crippen LogP contribution in [0.5, 0.6) is 0 Å². The second-order valence-electron chi connectivity index (χ2n) is 8.41. The quantitative estimate of drug-likeness (QED) is 0.268. The van der Waals surface area contributed by atoms with Crippen LogP contribution in [0.1, 0.15) is 25.4 Å². The zero-order valence-electron chi connectivity index (χ0n) is 18.6. The highest BCUT2D eigenvalue weighted by molar-refractivity contribution is 6.89. The summed E-state index contributed by atoms with van der Waals surface area (Å²) in [6.45, 7) is 12.2. The van der Waals surface area contributed by atoms with Gasteiger partial charge in [-0.3, -0.25) is 0 Å². The van der Waals surface area contributed by atoms with Crippen molar-refractivity contribution in [2.24, 2.45) is 0 Å². The van der Waals surface area contributed by atoms with Gasteiger partial charge in [-0.15, -0.1) is 0 Å². The highest BCUT2D eigenvalue weighted by Gasteiger charge is 2.30. The van der Waals surface area contributed by atoms with Crippen molar-refractivity contribution in [1.29, 1.82) is 0 Å². The highest BCUT2D eigenvalue weighted by atomic mass is 28.3. The summed E-state index contributed by atoms with van der Waals surface area (Å²) in [6.07, 6.45) is 2.09. The molecule has 0 aliphatic heterocycles. The molecule has 0 N–H and O–H groups in total. The van der Waals surface area contributed by atoms with Gasteiger partial charge in [0.25, 0.3) is 0 Å². The predicted molar refractivity (Wildman–Crippen MR) is 120 cm³/mol. The molecule has 0 amide bonds. The van der Waals surface area contributed by atoms with Crippen LogP contribution in [0.4, 0.5) is 0 Å². The molecule has 0 unspecified atom stereocenters. The van der Waals surface area contributed by atoms with Crippen molar-refractivity contribution < 1.29 is 27.9 Å². The number of hydrogen-bond acceptors (Lipinski definition) is 6. The van der Waals surface area contributed by atoms with Crippen LogP contribution in [0.15, 0.2) is 33.1 Å². The Balaban J connectivity index is 1.84. The number of rotatable bonds is 8. The lowest BCUT2D eigenvalue weighted by Gasteiger charge is -2.18. The van der Waals surface area contributed by atoms with Crippen molar-refractivity contribution in [3.63, 3.8) is 0 Å². The van der Waals surface area contributed by atoms with Gasteiger partial charge in [0.1, 0.15) is 11.5 Å². The maximum Gasteiger partial charge on any atom is 0.384 e. The minimum absolute atomic E-state index is 0.227. The van der Waals surface area contributed by atoms with Crippen molar-refractivity contribution in [3.05, 3.63) is 35.8 Å². The molecule has 0 spiro atoms. The average Bonchev–Trinajstić information content (AvgIpc) is 3.39. The Morgan fingerprint density at radius 1 is 0.767 bits per heavy atom. The van der Waals surface area contributed by atoms with E-state index in [1.54, 1.807) is 0 Å². The largest absolute Gasteiger partial charge is 0.471 e. The summed E-state index contributed by atoms with van der Waals surface area (Å²) in [5, 5.41) is 1.74. The molecule has 6 nitrogen and oxygen atoms in total. The van der Waals surface area contributed by atoms with Gasteiger partial charge in [-0.2, -0.15) is 0 Å². The molecule has 30 heavy (non-hydrogen) atoms. The van der Waals surface area contributed by atoms with Gasteiger partial charge in [-0.25, -0.2) is 9.59 Å². The number of esters is 2. The molecule has 0 aliphatic carbocycles. The molecule has 0 fully saturated rings. The van der Waals surface area contributed by atoms with Gasteiger partial charge >= 0.3 is 11.9 Å². The molecule has 2 aromatic heterocycles. The molecule has 2 aromatic rings. The monoisotopic (exact) mass is 446 g/mol. The average molecular weight is 447 g/mol. The van der Waals surface area contributed by atoms with Gasteiger partial charge in [0.2, 0.25) is 0 Å². The number of hydrogen-bond donors (Lipinski definition) is 0. The maximum absolute atomic E-state index is 11.9. The van der Waals surface area contributed by atoms with E-state index < -0.39 is 28.1 Å². The van der Waals surface area contributed by atoms with Crippen molar-refractivity contribution >= 4 is 38.9 Å². The maximum atomic E-state index is 11.9. The summed E-state index contributed by atoms with van der Waals surface area (Å²) in [6, 6.07) is 7.77. The Hall–Kier alpha value is -2.51. The molecule has 0 aromatic carbocycles. The van der Waals surface area contributed by atoms with Gasteiger partial charge in [0.15, 0.2) is 16.1 Å². The molecule has 0 bridgehead atoms. The van der Waals surface area contributed by atoms with E-state index in [0.29, 0.717) is 0 Å². The fourth-order valence-electron chi connectivity index (χ4n) is 2.67. The first-order valence-corrected chi connectivity index (χ1v) is 16.5. The van der Waals surface area contributed by atoms with Crippen molar-refractivity contribution in [3.8, 4) is 11.8 Å². The summed E-state index contributed by atoms with van der Waals surface area (Å²) in [7, 11) is -4.14. The molecular weight excluding hydrogens is 416 g/mol. The van der Waals surface area contributed by atoms with Crippen molar-refractivity contribution in [2.45, 2.75) is 52.9 Å². The van der Waals surface area contributed by atoms with Gasteiger partial charge in [0.05, 0.1) is 23.2 Å². The lowest BCUT2D eigenvalue weighted by molar-refractivity contribution is -0.137. The van der Waals surface area contributed by atoms with Crippen LogP contribution >= 0.6 is 0 Å². The van der Waals surface area contributed by atoms with Crippen LogP contribution < -0.4 is 10.8 Å². The first-order chi connectivity index (χ1) is 14.1. The number of ether oxygens (including phenoxy) is 2. The van der Waals surface area contributed by atoms with Gasteiger partial charge in [-0.1, -0.05) is 40.0 Å². The summed E-state index contributed by atoms with van der Waals surface area (Å²) in [4.78, 5) is 23.9. The molecule has 162 valence electrons. The van der Waals surface area contributed by atoms with E-state index in [9.17, 15) is 9.59 Å². The Labute approximate surface area is 179 Å². The third-order valence-corrected chi connectivity index (χ3v) is 9.69. The molecule has 2 heterocycles. The minimum atomic E-state index is -2.07. The second-order valence-corrected chi connectivity index (χ2v) is 17.5. The van der Waals surface area contributed by atoms with E-state index in [0.717, 1.165) is 35.1 Å². The molecule has 2 rings (SSSR count). The molecule has 0 saturated carbocycles. The van der Waals surface area contributed by atoms with Crippen LogP contribution in [0, 0.1) is 11.8 Å². The predicted octanol–water partition coefficient (Wildman–Crippen LogP) is 2.70. The van der Waals surface area contributed by atoms with Crippen LogP contribution in [0.3, 0.4) is 0 Å². The first kappa shape index (κ1) is 23.8. The summed E-state index contributed by atoms with van der Waals surface area (Å²) in [5.74, 6) is 4.75. The van der Waals surface area contributed by atoms with E-state index in [-0.39, 0.29) is 12.5 Å². The lowest BCUT2D eigenvalue weighted by Crippen LogP contribution is -2.46. The van der Waals surface area contributed by atoms with Crippen LogP contribution in [-0.2, 0) is 31.9 Å². The van der Waals surface area contributed by atoms with E-state index in [2.05, 4.69) is 11.8 Å². The zero-order valence-corrected chi connectivity index (χ0v) is 20.6. The third-order valence-electron chi connectivity index (χ3n) is 4.75. The topological polar surface area (TPSA) is 78.9 Å². The highest BCUT2D eigenvalue weighted by Crippen LogP contribution is 2.10. The number of carbonyl (C=O) groups excluding carboxylic acids is 2. The smallest absolute Gasteiger partial charge is 0.384 e. The van der Waals surface area contributed by atoms with Gasteiger partial charge in [-0.05, 0) is 24.3 Å². The van der Waals surface area contributed by atoms with E-state index in [1.165, 1.54) is 0 Å². The van der Waals surface area contributed by atoms with Gasteiger partial charge in [0, 0.05) is 24.7 Å². The van der Waals surface area contributed by atoms with Gasteiger partial charge < -0.3 is 18.3 Å². The number of aryl methyl sites for hydroxylation is 2. The van der Waals surface area contributed by atoms with Crippen molar-refractivity contribution in [1.82, 2.24) is 0 Å². The molecule has 8 heteroatoms. The summed E-state index contributed by atoms with van der Waals surface area (Å²) < 4.78 is 22.1. The lowest BCUT2D eigenvalue weighted by atomic mass is 10.4. The Kier molecular flexibility index (Phi) is 7.92. The van der Waals surface area contributed by atoms with E-state index in [1.807, 2.05) is 64.3 Å². The molecule has 0 radical (unpaired) electrons. The second kappa shape index (κ2) is 10.0. The minimum Gasteiger partial charge on any atom is -0.471 e. The van der Waals surface area contributed by atoms with E-state index in [4.69, 9.17) is 18.3 Å². The SMILES string of the molecule is CCc1ccc([Si](C)(C)COC(=O)C#CC(=O)OC[Si](C)(C)c2ccc(CC)o2)o1. The summed E-state index contributed by atoms with van der Waals surface area (Å²) in [5.41, 5.74) is 0. The first-order valence-electron chi connectivity index (χ1n) is 10.1. The van der Waals surface area contributed by atoms with Crippen LogP contribution in [0.2, 0.25) is 26.2 Å². The normalized spacial score (nSPS) is 11.5. The fourth-order valence-corrected chi connectivity index (χ4v) is 5.82. The Morgan fingerprint density at radius 3 is 1.43 bits per heavy atom. The van der Waals surface area contributed by atoms with Crippen molar-refractivity contribution in [2.75, 3.05) is 12.5 Å². The Morgan fingerprint density at radius 2 is 1.13 bits per heavy atom. The summed E-state index contributed by atoms with van der Waals surface area (Å²) >= 11 is 0. The standard InChI is InChI=1S/C22H30O6Si2/c1-7-17-9-13-21(27-17)29(3,4)15-25-19(23)11-12-20(24)26-16-30(5,6)22-14-10-18(8-2)28-22/h9-10,13-14H,7-8,15-16H2,1-6H3. The molecule has 0 saturated heterocycles. The molecule has 0 aliphatic rings. The Bertz CT molecular complexity index is 868. The third kappa shape index (κ3) is 6.50. The van der Waals surface area contributed by atoms with Crippen LogP contribution in [-0.4, -0.2) is 40.5 Å². The zero-order chi connectivity index (χ0) is 22.4. The fraction of sp³-hybridized carbons (Fsp3) is 0.455.